The van der Waals surface area contributed by atoms with Crippen LogP contribution in [0.25, 0.3) is 0 Å². The van der Waals surface area contributed by atoms with E-state index in [0.29, 0.717) is 23.6 Å². The highest BCUT2D eigenvalue weighted by molar-refractivity contribution is 7.91. The highest BCUT2D eigenvalue weighted by Crippen LogP contribution is 2.22. The Bertz CT molecular complexity index is 895. The number of hydrogen-bond donors (Lipinski definition) is 2. The minimum atomic E-state index is -3.12. The van der Waals surface area contributed by atoms with Crippen molar-refractivity contribution in [2.75, 3.05) is 16.8 Å². The first kappa shape index (κ1) is 17.9. The SMILES string of the molecule is O=C(Nc1ccc(Oc2ccccc2)cc1)C(=O)NC1CCS(=O)(=O)C1. The van der Waals surface area contributed by atoms with Gasteiger partial charge in [-0.25, -0.2) is 8.42 Å². The maximum Gasteiger partial charge on any atom is 0.313 e. The highest BCUT2D eigenvalue weighted by atomic mass is 32.2. The predicted molar refractivity (Wildman–Crippen MR) is 96.8 cm³/mol. The van der Waals surface area contributed by atoms with Gasteiger partial charge in [-0.1, -0.05) is 18.2 Å². The molecule has 0 aromatic heterocycles. The van der Waals surface area contributed by atoms with Crippen molar-refractivity contribution in [3.63, 3.8) is 0 Å². The second kappa shape index (κ2) is 7.57. The van der Waals surface area contributed by atoms with Crippen molar-refractivity contribution in [1.82, 2.24) is 5.32 Å². The first-order chi connectivity index (χ1) is 12.4. The van der Waals surface area contributed by atoms with Crippen molar-refractivity contribution < 1.29 is 22.7 Å². The van der Waals surface area contributed by atoms with Gasteiger partial charge in [-0.05, 0) is 42.8 Å². The summed E-state index contributed by atoms with van der Waals surface area (Å²) in [5.41, 5.74) is 0.435. The first-order valence-electron chi connectivity index (χ1n) is 8.06. The average Bonchev–Trinajstić information content (AvgIpc) is 2.96. The molecule has 0 aliphatic carbocycles. The number of amides is 2. The van der Waals surface area contributed by atoms with Crippen molar-refractivity contribution in [3.05, 3.63) is 54.6 Å². The number of carbonyl (C=O) groups excluding carboxylic acids is 2. The van der Waals surface area contributed by atoms with Gasteiger partial charge >= 0.3 is 11.8 Å². The molecule has 136 valence electrons. The lowest BCUT2D eigenvalue weighted by atomic mass is 10.2. The lowest BCUT2D eigenvalue weighted by molar-refractivity contribution is -0.136. The number of carbonyl (C=O) groups is 2. The van der Waals surface area contributed by atoms with E-state index in [2.05, 4.69) is 10.6 Å². The van der Waals surface area contributed by atoms with E-state index in [1.54, 1.807) is 24.3 Å². The normalized spacial score (nSPS) is 18.1. The van der Waals surface area contributed by atoms with Crippen LogP contribution in [0, 0.1) is 0 Å². The fourth-order valence-corrected chi connectivity index (χ4v) is 4.25. The molecule has 1 heterocycles. The topological polar surface area (TPSA) is 102 Å². The Morgan fingerprint density at radius 1 is 0.923 bits per heavy atom. The van der Waals surface area contributed by atoms with Crippen LogP contribution in [0.4, 0.5) is 5.69 Å². The van der Waals surface area contributed by atoms with Crippen LogP contribution >= 0.6 is 0 Å². The molecule has 1 saturated heterocycles. The number of ether oxygens (including phenoxy) is 1. The van der Waals surface area contributed by atoms with Gasteiger partial charge in [0.1, 0.15) is 11.5 Å². The second-order valence-corrected chi connectivity index (χ2v) is 8.20. The average molecular weight is 374 g/mol. The fourth-order valence-electron chi connectivity index (χ4n) is 2.58. The molecule has 7 nitrogen and oxygen atoms in total. The number of rotatable bonds is 4. The van der Waals surface area contributed by atoms with Crippen molar-refractivity contribution in [2.45, 2.75) is 12.5 Å². The number of hydrogen-bond acceptors (Lipinski definition) is 5. The molecule has 0 spiro atoms. The van der Waals surface area contributed by atoms with Gasteiger partial charge in [0.25, 0.3) is 0 Å². The van der Waals surface area contributed by atoms with Gasteiger partial charge in [0.2, 0.25) is 0 Å². The highest BCUT2D eigenvalue weighted by Gasteiger charge is 2.30. The third-order valence-electron chi connectivity index (χ3n) is 3.86. The minimum Gasteiger partial charge on any atom is -0.457 e. The van der Waals surface area contributed by atoms with Crippen LogP contribution in [0.1, 0.15) is 6.42 Å². The van der Waals surface area contributed by atoms with E-state index in [0.717, 1.165) is 0 Å². The standard InChI is InChI=1S/C18H18N2O5S/c21-17(18(22)20-14-10-11-26(23,24)12-14)19-13-6-8-16(9-7-13)25-15-4-2-1-3-5-15/h1-9,14H,10-12H2,(H,19,21)(H,20,22). The molecular weight excluding hydrogens is 356 g/mol. The molecule has 2 aromatic rings. The summed E-state index contributed by atoms with van der Waals surface area (Å²) in [5.74, 6) is -0.507. The zero-order valence-corrected chi connectivity index (χ0v) is 14.7. The minimum absolute atomic E-state index is 0.0302. The van der Waals surface area contributed by atoms with Crippen LogP contribution in [-0.2, 0) is 19.4 Å². The molecule has 2 N–H and O–H groups in total. The molecule has 0 bridgehead atoms. The van der Waals surface area contributed by atoms with Gasteiger partial charge in [-0.2, -0.15) is 0 Å². The molecular formula is C18H18N2O5S. The van der Waals surface area contributed by atoms with E-state index >= 15 is 0 Å². The van der Waals surface area contributed by atoms with E-state index < -0.39 is 27.7 Å². The van der Waals surface area contributed by atoms with E-state index in [1.165, 1.54) is 0 Å². The van der Waals surface area contributed by atoms with Gasteiger partial charge in [-0.15, -0.1) is 0 Å². The molecule has 1 aliphatic rings. The molecule has 1 atom stereocenters. The van der Waals surface area contributed by atoms with E-state index in [4.69, 9.17) is 4.74 Å². The third kappa shape index (κ3) is 4.82. The fraction of sp³-hybridized carbons (Fsp3) is 0.222. The number of sulfone groups is 1. The summed E-state index contributed by atoms with van der Waals surface area (Å²) in [6.45, 7) is 0. The summed E-state index contributed by atoms with van der Waals surface area (Å²) in [6.07, 6.45) is 0.326. The third-order valence-corrected chi connectivity index (χ3v) is 5.63. The summed E-state index contributed by atoms with van der Waals surface area (Å²) in [5, 5.41) is 4.92. The van der Waals surface area contributed by atoms with Gasteiger partial charge in [0, 0.05) is 11.7 Å². The molecule has 2 aromatic carbocycles. The summed E-state index contributed by atoms with van der Waals surface area (Å²) >= 11 is 0. The molecule has 8 heteroatoms. The summed E-state index contributed by atoms with van der Waals surface area (Å²) in [7, 11) is -3.12. The molecule has 2 amide bonds. The van der Waals surface area contributed by atoms with Crippen molar-refractivity contribution in [2.24, 2.45) is 0 Å². The van der Waals surface area contributed by atoms with Crippen molar-refractivity contribution >= 4 is 27.3 Å². The molecule has 3 rings (SSSR count). The molecule has 26 heavy (non-hydrogen) atoms. The van der Waals surface area contributed by atoms with Crippen LogP contribution in [-0.4, -0.2) is 37.8 Å². The Morgan fingerprint density at radius 2 is 1.58 bits per heavy atom. The monoisotopic (exact) mass is 374 g/mol. The Labute approximate surface area is 151 Å². The molecule has 1 fully saturated rings. The number of anilines is 1. The maximum atomic E-state index is 11.9. The van der Waals surface area contributed by atoms with Crippen LogP contribution < -0.4 is 15.4 Å². The number of nitrogens with one attached hydrogen (secondary N) is 2. The van der Waals surface area contributed by atoms with E-state index in [1.807, 2.05) is 30.3 Å². The van der Waals surface area contributed by atoms with Crippen molar-refractivity contribution in [3.8, 4) is 11.5 Å². The van der Waals surface area contributed by atoms with Crippen molar-refractivity contribution in [1.29, 1.82) is 0 Å². The van der Waals surface area contributed by atoms with Crippen LogP contribution in [0.3, 0.4) is 0 Å². The molecule has 1 aliphatic heterocycles. The molecule has 1 unspecified atom stereocenters. The lowest BCUT2D eigenvalue weighted by Crippen LogP contribution is -2.42. The summed E-state index contributed by atoms with van der Waals surface area (Å²) < 4.78 is 28.4. The Balaban J connectivity index is 1.53. The first-order valence-corrected chi connectivity index (χ1v) is 9.89. The zero-order chi connectivity index (χ0) is 18.6. The molecule has 0 radical (unpaired) electrons. The van der Waals surface area contributed by atoms with Gasteiger partial charge in [-0.3, -0.25) is 9.59 Å². The predicted octanol–water partition coefficient (Wildman–Crippen LogP) is 1.72. The molecule has 0 saturated carbocycles. The van der Waals surface area contributed by atoms with Crippen LogP contribution in [0.15, 0.2) is 54.6 Å². The van der Waals surface area contributed by atoms with Gasteiger partial charge in [0.15, 0.2) is 9.84 Å². The van der Waals surface area contributed by atoms with E-state index in [9.17, 15) is 18.0 Å². The Kier molecular flexibility index (Phi) is 5.22. The summed E-state index contributed by atoms with van der Waals surface area (Å²) in [6, 6.07) is 15.3. The Morgan fingerprint density at radius 3 is 2.19 bits per heavy atom. The number of benzene rings is 2. The number of para-hydroxylation sites is 1. The lowest BCUT2D eigenvalue weighted by Gasteiger charge is -2.11. The largest absolute Gasteiger partial charge is 0.457 e. The van der Waals surface area contributed by atoms with Crippen LogP contribution in [0.2, 0.25) is 0 Å². The Hall–Kier alpha value is -2.87. The zero-order valence-electron chi connectivity index (χ0n) is 13.8. The quantitative estimate of drug-likeness (QED) is 0.794. The maximum absolute atomic E-state index is 11.9. The van der Waals surface area contributed by atoms with Gasteiger partial charge in [0.05, 0.1) is 11.5 Å². The second-order valence-electron chi connectivity index (χ2n) is 5.97. The van der Waals surface area contributed by atoms with Crippen LogP contribution in [0.5, 0.6) is 11.5 Å². The van der Waals surface area contributed by atoms with Gasteiger partial charge < -0.3 is 15.4 Å². The van der Waals surface area contributed by atoms with E-state index in [-0.39, 0.29) is 11.5 Å². The smallest absolute Gasteiger partial charge is 0.313 e. The summed E-state index contributed by atoms with van der Waals surface area (Å²) in [4.78, 5) is 23.8.